The summed E-state index contributed by atoms with van der Waals surface area (Å²) in [6, 6.07) is 1.47. The molecule has 3 saturated heterocycles. The van der Waals surface area contributed by atoms with Crippen molar-refractivity contribution in [1.29, 1.82) is 0 Å². The van der Waals surface area contributed by atoms with Crippen molar-refractivity contribution in [2.75, 3.05) is 20.1 Å². The minimum atomic E-state index is 0.453. The zero-order chi connectivity index (χ0) is 12.1. The van der Waals surface area contributed by atoms with E-state index in [1.807, 2.05) is 0 Å². The van der Waals surface area contributed by atoms with Crippen molar-refractivity contribution in [3.63, 3.8) is 0 Å². The first kappa shape index (κ1) is 10.9. The molecule has 0 amide bonds. The molecule has 0 aromatic carbocycles. The maximum absolute atomic E-state index is 5.42. The zero-order valence-corrected chi connectivity index (χ0v) is 10.8. The van der Waals surface area contributed by atoms with Gasteiger partial charge >= 0.3 is 0 Å². The molecule has 2 atom stereocenters. The van der Waals surface area contributed by atoms with E-state index in [4.69, 9.17) is 4.52 Å². The first-order chi connectivity index (χ1) is 8.81. The van der Waals surface area contributed by atoms with Crippen LogP contribution in [0.25, 0.3) is 0 Å². The average molecular weight is 248 g/mol. The van der Waals surface area contributed by atoms with Crippen molar-refractivity contribution in [2.24, 2.45) is 0 Å². The molecule has 1 aromatic rings. The number of hydrogen-bond acceptors (Lipinski definition) is 5. The average Bonchev–Trinajstić information content (AvgIpc) is 2.81. The predicted molar refractivity (Wildman–Crippen MR) is 66.5 cm³/mol. The summed E-state index contributed by atoms with van der Waals surface area (Å²) in [4.78, 5) is 7.19. The fraction of sp³-hybridized carbons (Fsp3) is 0.846. The van der Waals surface area contributed by atoms with Crippen LogP contribution < -0.4 is 5.32 Å². The lowest BCUT2D eigenvalue weighted by Crippen LogP contribution is -2.40. The molecular formula is C13H20N4O. The van der Waals surface area contributed by atoms with Crippen molar-refractivity contribution in [2.45, 2.75) is 49.6 Å². The van der Waals surface area contributed by atoms with E-state index in [1.165, 1.54) is 25.7 Å². The fourth-order valence-corrected chi connectivity index (χ4v) is 3.66. The highest BCUT2D eigenvalue weighted by Gasteiger charge is 2.40. The van der Waals surface area contributed by atoms with Gasteiger partial charge in [0.15, 0.2) is 5.82 Å². The summed E-state index contributed by atoms with van der Waals surface area (Å²) < 4.78 is 5.42. The molecule has 0 saturated carbocycles. The third-order valence-corrected chi connectivity index (χ3v) is 5.05. The molecule has 0 radical (unpaired) electrons. The molecule has 1 aromatic heterocycles. The summed E-state index contributed by atoms with van der Waals surface area (Å²) in [5, 5.41) is 7.48. The van der Waals surface area contributed by atoms with Crippen LogP contribution in [0.4, 0.5) is 0 Å². The minimum Gasteiger partial charge on any atom is -0.339 e. The first-order valence-electron chi connectivity index (χ1n) is 7.07. The van der Waals surface area contributed by atoms with E-state index in [1.54, 1.807) is 0 Å². The van der Waals surface area contributed by atoms with Crippen LogP contribution in [0.15, 0.2) is 4.52 Å². The van der Waals surface area contributed by atoms with Crippen LogP contribution in [0.1, 0.15) is 49.2 Å². The van der Waals surface area contributed by atoms with Gasteiger partial charge < -0.3 is 14.7 Å². The number of rotatable bonds is 2. The highest BCUT2D eigenvalue weighted by molar-refractivity contribution is 5.08. The summed E-state index contributed by atoms with van der Waals surface area (Å²) in [6.07, 6.45) is 5.09. The lowest BCUT2D eigenvalue weighted by Gasteiger charge is -2.34. The summed E-state index contributed by atoms with van der Waals surface area (Å²) in [7, 11) is 2.26. The van der Waals surface area contributed by atoms with Crippen molar-refractivity contribution in [3.8, 4) is 0 Å². The monoisotopic (exact) mass is 248 g/mol. The lowest BCUT2D eigenvalue weighted by molar-refractivity contribution is 0.157. The molecule has 4 heterocycles. The Morgan fingerprint density at radius 1 is 1.17 bits per heavy atom. The molecule has 0 spiro atoms. The SMILES string of the molecule is CN1C2CCC1CC(c1noc(C3CNC3)n1)C2. The summed E-state index contributed by atoms with van der Waals surface area (Å²) in [5.41, 5.74) is 0. The number of fused-ring (bicyclic) bond motifs is 2. The molecule has 1 N–H and O–H groups in total. The van der Waals surface area contributed by atoms with Gasteiger partial charge in [-0.05, 0) is 32.7 Å². The maximum Gasteiger partial charge on any atom is 0.232 e. The Hall–Kier alpha value is -0.940. The molecule has 0 aliphatic carbocycles. The molecule has 3 fully saturated rings. The van der Waals surface area contributed by atoms with Crippen LogP contribution in [-0.2, 0) is 0 Å². The Morgan fingerprint density at radius 2 is 1.89 bits per heavy atom. The maximum atomic E-state index is 5.42. The molecule has 5 heteroatoms. The van der Waals surface area contributed by atoms with E-state index in [0.717, 1.165) is 36.9 Å². The summed E-state index contributed by atoms with van der Waals surface area (Å²) in [5.74, 6) is 2.77. The number of piperidine rings is 1. The number of nitrogens with one attached hydrogen (secondary N) is 1. The molecule has 18 heavy (non-hydrogen) atoms. The molecule has 5 nitrogen and oxygen atoms in total. The smallest absolute Gasteiger partial charge is 0.232 e. The first-order valence-corrected chi connectivity index (χ1v) is 7.07. The largest absolute Gasteiger partial charge is 0.339 e. The quantitative estimate of drug-likeness (QED) is 0.849. The fourth-order valence-electron chi connectivity index (χ4n) is 3.66. The second kappa shape index (κ2) is 4.03. The van der Waals surface area contributed by atoms with Gasteiger partial charge in [0.2, 0.25) is 5.89 Å². The number of hydrogen-bond donors (Lipinski definition) is 1. The third kappa shape index (κ3) is 1.61. The Bertz CT molecular complexity index is 428. The van der Waals surface area contributed by atoms with Gasteiger partial charge in [-0.1, -0.05) is 5.16 Å². The third-order valence-electron chi connectivity index (χ3n) is 5.05. The van der Waals surface area contributed by atoms with Crippen LogP contribution in [0, 0.1) is 0 Å². The minimum absolute atomic E-state index is 0.453. The predicted octanol–water partition coefficient (Wildman–Crippen LogP) is 1.10. The van der Waals surface area contributed by atoms with Gasteiger partial charge in [0.05, 0.1) is 5.92 Å². The molecule has 3 aliphatic heterocycles. The molecule has 2 bridgehead atoms. The molecular weight excluding hydrogens is 228 g/mol. The van der Waals surface area contributed by atoms with Crippen LogP contribution in [-0.4, -0.2) is 47.3 Å². The van der Waals surface area contributed by atoms with Crippen LogP contribution in [0.5, 0.6) is 0 Å². The van der Waals surface area contributed by atoms with Gasteiger partial charge in [-0.25, -0.2) is 0 Å². The Morgan fingerprint density at radius 3 is 2.50 bits per heavy atom. The van der Waals surface area contributed by atoms with Gasteiger partial charge in [-0.3, -0.25) is 0 Å². The van der Waals surface area contributed by atoms with E-state index in [0.29, 0.717) is 11.8 Å². The van der Waals surface area contributed by atoms with E-state index in [9.17, 15) is 0 Å². The van der Waals surface area contributed by atoms with Crippen molar-refractivity contribution in [3.05, 3.63) is 11.7 Å². The normalized spacial score (nSPS) is 36.8. The van der Waals surface area contributed by atoms with Crippen LogP contribution in [0.3, 0.4) is 0 Å². The Balaban J connectivity index is 1.51. The molecule has 4 rings (SSSR count). The highest BCUT2D eigenvalue weighted by atomic mass is 16.5. The van der Waals surface area contributed by atoms with Gasteiger partial charge in [0, 0.05) is 31.1 Å². The van der Waals surface area contributed by atoms with Gasteiger partial charge in [-0.15, -0.1) is 0 Å². The van der Waals surface area contributed by atoms with Gasteiger partial charge in [0.25, 0.3) is 0 Å². The lowest BCUT2D eigenvalue weighted by atomic mass is 9.90. The van der Waals surface area contributed by atoms with E-state index >= 15 is 0 Å². The standard InChI is InChI=1S/C13H20N4O/c1-17-10-2-3-11(17)5-8(4-10)12-15-13(18-16-12)9-6-14-7-9/h8-11,14H,2-7H2,1H3. The van der Waals surface area contributed by atoms with Crippen molar-refractivity contribution >= 4 is 0 Å². The van der Waals surface area contributed by atoms with E-state index < -0.39 is 0 Å². The van der Waals surface area contributed by atoms with E-state index in [2.05, 4.69) is 27.4 Å². The van der Waals surface area contributed by atoms with E-state index in [-0.39, 0.29) is 0 Å². The number of aromatic nitrogens is 2. The van der Waals surface area contributed by atoms with Gasteiger partial charge in [-0.2, -0.15) is 4.98 Å². The number of nitrogens with zero attached hydrogens (tertiary/aromatic N) is 3. The Labute approximate surface area is 107 Å². The van der Waals surface area contributed by atoms with Crippen molar-refractivity contribution in [1.82, 2.24) is 20.4 Å². The molecule has 98 valence electrons. The summed E-state index contributed by atoms with van der Waals surface area (Å²) >= 11 is 0. The van der Waals surface area contributed by atoms with Crippen LogP contribution >= 0.6 is 0 Å². The second-order valence-electron chi connectivity index (χ2n) is 6.06. The molecule has 3 aliphatic rings. The highest BCUT2D eigenvalue weighted by Crippen LogP contribution is 2.41. The Kier molecular flexibility index (Phi) is 2.45. The zero-order valence-electron chi connectivity index (χ0n) is 10.8. The van der Waals surface area contributed by atoms with Crippen molar-refractivity contribution < 1.29 is 4.52 Å². The van der Waals surface area contributed by atoms with Gasteiger partial charge in [0.1, 0.15) is 0 Å². The summed E-state index contributed by atoms with van der Waals surface area (Å²) in [6.45, 7) is 1.97. The topological polar surface area (TPSA) is 54.2 Å². The second-order valence-corrected chi connectivity index (χ2v) is 6.06. The molecule has 2 unspecified atom stereocenters. The van der Waals surface area contributed by atoms with Crippen LogP contribution in [0.2, 0.25) is 0 Å².